The Labute approximate surface area is 98.7 Å². The maximum absolute atomic E-state index is 12.9. The van der Waals surface area contributed by atoms with Crippen molar-refractivity contribution in [3.05, 3.63) is 11.9 Å². The molecule has 0 aromatic carbocycles. The van der Waals surface area contributed by atoms with Crippen LogP contribution < -0.4 is 9.47 Å². The van der Waals surface area contributed by atoms with Gasteiger partial charge in [0.05, 0.1) is 20.4 Å². The molecule has 0 spiro atoms. The third-order valence-corrected chi connectivity index (χ3v) is 1.91. The average molecular weight is 268 g/mol. The fraction of sp³-hybridized carbons (Fsp3) is 0.444. The molecule has 1 aromatic heterocycles. The molecular weight excluding hydrogens is 260 g/mol. The van der Waals surface area contributed by atoms with Gasteiger partial charge < -0.3 is 9.47 Å². The van der Waals surface area contributed by atoms with Crippen LogP contribution in [0.5, 0.6) is 11.8 Å². The first-order chi connectivity index (χ1) is 8.34. The summed E-state index contributed by atoms with van der Waals surface area (Å²) in [5.41, 5.74) is -0.983. The molecule has 0 amide bonds. The van der Waals surface area contributed by atoms with Crippen molar-refractivity contribution in [3.8, 4) is 11.8 Å². The number of aromatic nitrogens is 2. The second-order valence-electron chi connectivity index (χ2n) is 3.02. The van der Waals surface area contributed by atoms with Gasteiger partial charge in [-0.25, -0.2) is 13.8 Å². The SMILES string of the molecule is COc1cnc(C(=O)C(F)(F)C(F)F)c(OC)n1. The first kappa shape index (κ1) is 14.1. The van der Waals surface area contributed by atoms with Crippen LogP contribution in [0.25, 0.3) is 0 Å². The highest BCUT2D eigenvalue weighted by Gasteiger charge is 2.51. The normalized spacial score (nSPS) is 11.5. The maximum Gasteiger partial charge on any atom is 0.370 e. The lowest BCUT2D eigenvalue weighted by molar-refractivity contribution is -0.0961. The van der Waals surface area contributed by atoms with Gasteiger partial charge in [0.2, 0.25) is 11.8 Å². The number of ether oxygens (including phenoxy) is 2. The van der Waals surface area contributed by atoms with E-state index in [0.29, 0.717) is 0 Å². The Hall–Kier alpha value is -1.93. The number of methoxy groups -OCH3 is 2. The molecule has 0 N–H and O–H groups in total. The summed E-state index contributed by atoms with van der Waals surface area (Å²) in [4.78, 5) is 18.0. The molecule has 0 unspecified atom stereocenters. The number of halogens is 4. The summed E-state index contributed by atoms with van der Waals surface area (Å²) in [5, 5.41) is 0. The summed E-state index contributed by atoms with van der Waals surface area (Å²) in [5.74, 6) is -7.73. The van der Waals surface area contributed by atoms with Crippen molar-refractivity contribution in [1.29, 1.82) is 0 Å². The Morgan fingerprint density at radius 2 is 1.94 bits per heavy atom. The maximum atomic E-state index is 12.9. The summed E-state index contributed by atoms with van der Waals surface area (Å²) in [6.07, 6.45) is -3.30. The summed E-state index contributed by atoms with van der Waals surface area (Å²) < 4.78 is 59.0. The van der Waals surface area contributed by atoms with Gasteiger partial charge in [-0.15, -0.1) is 0 Å². The van der Waals surface area contributed by atoms with E-state index < -0.39 is 29.7 Å². The van der Waals surface area contributed by atoms with Crippen molar-refractivity contribution >= 4 is 5.78 Å². The van der Waals surface area contributed by atoms with E-state index in [1.165, 1.54) is 7.11 Å². The molecule has 0 saturated carbocycles. The minimum absolute atomic E-state index is 0.108. The highest BCUT2D eigenvalue weighted by molar-refractivity contribution is 6.01. The van der Waals surface area contributed by atoms with E-state index in [1.807, 2.05) is 0 Å². The Balaban J connectivity index is 3.21. The van der Waals surface area contributed by atoms with E-state index in [-0.39, 0.29) is 5.88 Å². The molecule has 0 atom stereocenters. The fourth-order valence-electron chi connectivity index (χ4n) is 1.01. The molecule has 18 heavy (non-hydrogen) atoms. The van der Waals surface area contributed by atoms with Gasteiger partial charge in [0.25, 0.3) is 5.78 Å². The molecule has 5 nitrogen and oxygen atoms in total. The number of carbonyl (C=O) groups excluding carboxylic acids is 1. The van der Waals surface area contributed by atoms with Crippen LogP contribution in [0, 0.1) is 0 Å². The van der Waals surface area contributed by atoms with Crippen LogP contribution >= 0.6 is 0 Å². The lowest BCUT2D eigenvalue weighted by atomic mass is 10.1. The van der Waals surface area contributed by atoms with Crippen LogP contribution in [0.1, 0.15) is 10.5 Å². The first-order valence-electron chi connectivity index (χ1n) is 4.50. The predicted molar refractivity (Wildman–Crippen MR) is 50.4 cm³/mol. The van der Waals surface area contributed by atoms with Gasteiger partial charge in [0.1, 0.15) is 0 Å². The molecule has 0 aliphatic heterocycles. The van der Waals surface area contributed by atoms with Crippen molar-refractivity contribution in [2.45, 2.75) is 12.3 Å². The summed E-state index contributed by atoms with van der Waals surface area (Å²) >= 11 is 0. The van der Waals surface area contributed by atoms with Gasteiger partial charge in [-0.3, -0.25) is 4.79 Å². The van der Waals surface area contributed by atoms with Gasteiger partial charge in [0.15, 0.2) is 5.69 Å². The number of ketones is 1. The standard InChI is InChI=1S/C9H8F4N2O3/c1-17-4-3-14-5(7(15-4)18-2)6(16)9(12,13)8(10)11/h3,8H,1-2H3. The van der Waals surface area contributed by atoms with E-state index in [4.69, 9.17) is 0 Å². The van der Waals surface area contributed by atoms with Gasteiger partial charge in [-0.2, -0.15) is 13.8 Å². The van der Waals surface area contributed by atoms with Crippen LogP contribution in [-0.4, -0.2) is 42.3 Å². The van der Waals surface area contributed by atoms with Crippen LogP contribution in [0.2, 0.25) is 0 Å². The van der Waals surface area contributed by atoms with Crippen LogP contribution in [0.3, 0.4) is 0 Å². The second kappa shape index (κ2) is 5.15. The van der Waals surface area contributed by atoms with Gasteiger partial charge in [-0.1, -0.05) is 0 Å². The number of hydrogen-bond donors (Lipinski definition) is 0. The topological polar surface area (TPSA) is 61.3 Å². The van der Waals surface area contributed by atoms with Crippen LogP contribution in [0.15, 0.2) is 6.20 Å². The molecule has 0 aliphatic rings. The molecule has 1 heterocycles. The minimum atomic E-state index is -4.85. The zero-order valence-electron chi connectivity index (χ0n) is 9.29. The first-order valence-corrected chi connectivity index (χ1v) is 4.50. The highest BCUT2D eigenvalue weighted by Crippen LogP contribution is 2.30. The highest BCUT2D eigenvalue weighted by atomic mass is 19.3. The van der Waals surface area contributed by atoms with Crippen molar-refractivity contribution in [1.82, 2.24) is 9.97 Å². The van der Waals surface area contributed by atoms with Crippen LogP contribution in [-0.2, 0) is 0 Å². The Morgan fingerprint density at radius 3 is 2.39 bits per heavy atom. The molecule has 0 bridgehead atoms. The molecule has 100 valence electrons. The number of carbonyl (C=O) groups is 1. The molecule has 0 saturated heterocycles. The van der Waals surface area contributed by atoms with E-state index in [1.54, 1.807) is 0 Å². The number of alkyl halides is 4. The van der Waals surface area contributed by atoms with Gasteiger partial charge in [-0.05, 0) is 0 Å². The summed E-state index contributed by atoms with van der Waals surface area (Å²) in [6.45, 7) is 0. The Morgan fingerprint density at radius 1 is 1.33 bits per heavy atom. The van der Waals surface area contributed by atoms with Crippen LogP contribution in [0.4, 0.5) is 17.6 Å². The number of Topliss-reactive ketones (excluding diaryl/α,β-unsaturated/α-hetero) is 1. The Bertz CT molecular complexity index is 453. The van der Waals surface area contributed by atoms with Crippen molar-refractivity contribution in [3.63, 3.8) is 0 Å². The predicted octanol–water partition coefficient (Wildman–Crippen LogP) is 1.58. The number of nitrogens with zero attached hydrogens (tertiary/aromatic N) is 2. The molecule has 9 heteroatoms. The zero-order chi connectivity index (χ0) is 13.9. The molecular formula is C9H8F4N2O3. The van der Waals surface area contributed by atoms with Crippen molar-refractivity contribution in [2.75, 3.05) is 14.2 Å². The Kier molecular flexibility index (Phi) is 4.04. The lowest BCUT2D eigenvalue weighted by Gasteiger charge is -2.14. The van der Waals surface area contributed by atoms with Crippen molar-refractivity contribution in [2.24, 2.45) is 0 Å². The molecule has 1 aromatic rings. The molecule has 0 aliphatic carbocycles. The molecule has 0 radical (unpaired) electrons. The lowest BCUT2D eigenvalue weighted by Crippen LogP contribution is -2.37. The van der Waals surface area contributed by atoms with E-state index in [9.17, 15) is 22.4 Å². The average Bonchev–Trinajstić information content (AvgIpc) is 2.36. The fourth-order valence-corrected chi connectivity index (χ4v) is 1.01. The minimum Gasteiger partial charge on any atom is -0.480 e. The van der Waals surface area contributed by atoms with Gasteiger partial charge in [0, 0.05) is 0 Å². The monoisotopic (exact) mass is 268 g/mol. The zero-order valence-corrected chi connectivity index (χ0v) is 9.29. The van der Waals surface area contributed by atoms with Gasteiger partial charge >= 0.3 is 12.3 Å². The molecule has 1 rings (SSSR count). The van der Waals surface area contributed by atoms with E-state index >= 15 is 0 Å². The third kappa shape index (κ3) is 2.49. The van der Waals surface area contributed by atoms with E-state index in [2.05, 4.69) is 19.4 Å². The third-order valence-electron chi connectivity index (χ3n) is 1.91. The number of hydrogen-bond acceptors (Lipinski definition) is 5. The molecule has 0 fully saturated rings. The second-order valence-corrected chi connectivity index (χ2v) is 3.02. The van der Waals surface area contributed by atoms with Crippen molar-refractivity contribution < 1.29 is 31.8 Å². The largest absolute Gasteiger partial charge is 0.480 e. The van der Waals surface area contributed by atoms with E-state index in [0.717, 1.165) is 13.3 Å². The summed E-state index contributed by atoms with van der Waals surface area (Å²) in [6, 6.07) is 0. The number of rotatable bonds is 5. The summed E-state index contributed by atoms with van der Waals surface area (Å²) in [7, 11) is 2.25. The smallest absolute Gasteiger partial charge is 0.370 e. The quantitative estimate of drug-likeness (QED) is 0.599.